The first-order valence-electron chi connectivity index (χ1n) is 3.95. The van der Waals surface area contributed by atoms with E-state index in [-0.39, 0.29) is 8.80 Å². The Labute approximate surface area is 61.3 Å². The van der Waals surface area contributed by atoms with Crippen LogP contribution in [-0.4, -0.2) is 8.80 Å². The third kappa shape index (κ3) is 6.10. The quantitative estimate of drug-likeness (QED) is 0.530. The first-order valence-corrected chi connectivity index (χ1v) is 6.66. The van der Waals surface area contributed by atoms with Crippen LogP contribution in [0.2, 0.25) is 19.1 Å². The van der Waals surface area contributed by atoms with Gasteiger partial charge in [-0.1, -0.05) is 45.8 Å². The summed E-state index contributed by atoms with van der Waals surface area (Å²) in [6, 6.07) is 1.50. The van der Waals surface area contributed by atoms with Gasteiger partial charge >= 0.3 is 0 Å². The standard InChI is InChI=1S/C8H19Si/c1-5-8(2)6-7-9(3)4/h8H,5-7H2,1-4H3. The van der Waals surface area contributed by atoms with Crippen LogP contribution in [0.25, 0.3) is 0 Å². The van der Waals surface area contributed by atoms with Gasteiger partial charge in [-0.25, -0.2) is 0 Å². The lowest BCUT2D eigenvalue weighted by molar-refractivity contribution is 0.542. The second-order valence-corrected chi connectivity index (χ2v) is 6.17. The number of rotatable bonds is 4. The maximum Gasteiger partial charge on any atom is 0.0413 e. The van der Waals surface area contributed by atoms with Crippen LogP contribution in [0, 0.1) is 5.92 Å². The van der Waals surface area contributed by atoms with Gasteiger partial charge in [0.1, 0.15) is 0 Å². The topological polar surface area (TPSA) is 0 Å². The minimum Gasteiger partial charge on any atom is -0.0713 e. The van der Waals surface area contributed by atoms with Crippen LogP contribution in [0.3, 0.4) is 0 Å². The van der Waals surface area contributed by atoms with Crippen LogP contribution in [-0.2, 0) is 0 Å². The molecule has 0 bridgehead atoms. The molecule has 1 heteroatoms. The van der Waals surface area contributed by atoms with Gasteiger partial charge in [0, 0.05) is 8.80 Å². The summed E-state index contributed by atoms with van der Waals surface area (Å²) in [6.45, 7) is 9.42. The highest BCUT2D eigenvalue weighted by Crippen LogP contribution is 2.11. The second-order valence-electron chi connectivity index (χ2n) is 3.26. The molecule has 0 aliphatic carbocycles. The molecule has 0 aliphatic heterocycles. The van der Waals surface area contributed by atoms with Crippen molar-refractivity contribution in [3.8, 4) is 0 Å². The van der Waals surface area contributed by atoms with Gasteiger partial charge in [0.15, 0.2) is 0 Å². The Kier molecular flexibility index (Phi) is 5.16. The fraction of sp³-hybridized carbons (Fsp3) is 1.00. The van der Waals surface area contributed by atoms with Crippen LogP contribution in [0.15, 0.2) is 0 Å². The van der Waals surface area contributed by atoms with Gasteiger partial charge in [-0.2, -0.15) is 0 Å². The molecule has 0 saturated carbocycles. The molecule has 0 nitrogen and oxygen atoms in total. The van der Waals surface area contributed by atoms with Crippen molar-refractivity contribution in [2.45, 2.75) is 45.8 Å². The maximum absolute atomic E-state index is 2.40. The molecule has 1 unspecified atom stereocenters. The minimum atomic E-state index is 0.0604. The fourth-order valence-corrected chi connectivity index (χ4v) is 1.81. The highest BCUT2D eigenvalue weighted by molar-refractivity contribution is 6.55. The molecule has 0 rings (SSSR count). The van der Waals surface area contributed by atoms with Crippen molar-refractivity contribution in [1.29, 1.82) is 0 Å². The summed E-state index contributed by atoms with van der Waals surface area (Å²) in [4.78, 5) is 0. The third-order valence-corrected chi connectivity index (χ3v) is 3.12. The van der Waals surface area contributed by atoms with Crippen molar-refractivity contribution in [3.63, 3.8) is 0 Å². The smallest absolute Gasteiger partial charge is 0.0413 e. The molecule has 9 heavy (non-hydrogen) atoms. The van der Waals surface area contributed by atoms with Crippen LogP contribution < -0.4 is 0 Å². The van der Waals surface area contributed by atoms with Gasteiger partial charge in [0.2, 0.25) is 0 Å². The summed E-state index contributed by atoms with van der Waals surface area (Å²) < 4.78 is 0. The summed E-state index contributed by atoms with van der Waals surface area (Å²) >= 11 is 0. The molecule has 0 N–H and O–H groups in total. The van der Waals surface area contributed by atoms with Crippen LogP contribution >= 0.6 is 0 Å². The summed E-state index contributed by atoms with van der Waals surface area (Å²) in [5.41, 5.74) is 0. The van der Waals surface area contributed by atoms with E-state index in [0.717, 1.165) is 5.92 Å². The van der Waals surface area contributed by atoms with E-state index < -0.39 is 0 Å². The van der Waals surface area contributed by atoms with E-state index in [0.29, 0.717) is 0 Å². The highest BCUT2D eigenvalue weighted by Gasteiger charge is 2.00. The molecule has 0 aromatic carbocycles. The van der Waals surface area contributed by atoms with Crippen molar-refractivity contribution in [2.24, 2.45) is 5.92 Å². The molecule has 0 amide bonds. The molecular weight excluding hydrogens is 124 g/mol. The zero-order valence-corrected chi connectivity index (χ0v) is 8.20. The normalized spacial score (nSPS) is 14.3. The molecule has 0 saturated heterocycles. The first-order chi connectivity index (χ1) is 4.16. The summed E-state index contributed by atoms with van der Waals surface area (Å²) in [5.74, 6) is 0.963. The van der Waals surface area contributed by atoms with Crippen LogP contribution in [0.4, 0.5) is 0 Å². The Morgan fingerprint density at radius 2 is 1.89 bits per heavy atom. The summed E-state index contributed by atoms with van der Waals surface area (Å²) in [6.07, 6.45) is 2.81. The third-order valence-electron chi connectivity index (χ3n) is 1.83. The van der Waals surface area contributed by atoms with Gasteiger partial charge in [-0.3, -0.25) is 0 Å². The Morgan fingerprint density at radius 3 is 2.22 bits per heavy atom. The van der Waals surface area contributed by atoms with Gasteiger partial charge in [-0.15, -0.1) is 0 Å². The molecule has 0 aromatic heterocycles. The summed E-state index contributed by atoms with van der Waals surface area (Å²) in [7, 11) is 0.0604. The fourth-order valence-electron chi connectivity index (χ4n) is 0.739. The van der Waals surface area contributed by atoms with E-state index >= 15 is 0 Å². The molecule has 0 spiro atoms. The predicted octanol–water partition coefficient (Wildman–Crippen LogP) is 3.18. The van der Waals surface area contributed by atoms with Gasteiger partial charge in [-0.05, 0) is 5.92 Å². The Morgan fingerprint density at radius 1 is 1.33 bits per heavy atom. The lowest BCUT2D eigenvalue weighted by Crippen LogP contribution is -2.02. The molecule has 0 aliphatic rings. The van der Waals surface area contributed by atoms with E-state index in [2.05, 4.69) is 26.9 Å². The van der Waals surface area contributed by atoms with Crippen LogP contribution in [0.5, 0.6) is 0 Å². The summed E-state index contributed by atoms with van der Waals surface area (Å²) in [5, 5.41) is 0. The second kappa shape index (κ2) is 5.04. The Hall–Kier alpha value is 0.217. The SMILES string of the molecule is CCC(C)CC[Si](C)C. The van der Waals surface area contributed by atoms with Crippen molar-refractivity contribution in [2.75, 3.05) is 0 Å². The molecule has 0 aromatic rings. The number of hydrogen-bond acceptors (Lipinski definition) is 0. The molecule has 0 heterocycles. The van der Waals surface area contributed by atoms with E-state index in [1.165, 1.54) is 18.9 Å². The van der Waals surface area contributed by atoms with E-state index in [1.54, 1.807) is 0 Å². The first kappa shape index (κ1) is 9.22. The lowest BCUT2D eigenvalue weighted by Gasteiger charge is -2.08. The zero-order valence-electron chi connectivity index (χ0n) is 7.20. The average molecular weight is 143 g/mol. The minimum absolute atomic E-state index is 0.0604. The zero-order chi connectivity index (χ0) is 7.28. The van der Waals surface area contributed by atoms with Crippen molar-refractivity contribution >= 4 is 8.80 Å². The van der Waals surface area contributed by atoms with Crippen molar-refractivity contribution < 1.29 is 0 Å². The predicted molar refractivity (Wildman–Crippen MR) is 46.4 cm³/mol. The molecule has 55 valence electrons. The average Bonchev–Trinajstić information content (AvgIpc) is 1.83. The molecule has 1 atom stereocenters. The molecular formula is C8H19Si. The maximum atomic E-state index is 2.40. The van der Waals surface area contributed by atoms with Crippen molar-refractivity contribution in [1.82, 2.24) is 0 Å². The monoisotopic (exact) mass is 143 g/mol. The van der Waals surface area contributed by atoms with Crippen LogP contribution in [0.1, 0.15) is 26.7 Å². The molecule has 1 radical (unpaired) electrons. The Bertz CT molecular complexity index is 59.6. The lowest BCUT2D eigenvalue weighted by atomic mass is 10.1. The van der Waals surface area contributed by atoms with Gasteiger partial charge < -0.3 is 0 Å². The Balaban J connectivity index is 3.06. The van der Waals surface area contributed by atoms with Crippen molar-refractivity contribution in [3.05, 3.63) is 0 Å². The number of hydrogen-bond donors (Lipinski definition) is 0. The van der Waals surface area contributed by atoms with E-state index in [4.69, 9.17) is 0 Å². The molecule has 0 fully saturated rings. The van der Waals surface area contributed by atoms with E-state index in [9.17, 15) is 0 Å². The van der Waals surface area contributed by atoms with Gasteiger partial charge in [0.05, 0.1) is 0 Å². The van der Waals surface area contributed by atoms with Gasteiger partial charge in [0.25, 0.3) is 0 Å². The highest BCUT2D eigenvalue weighted by atomic mass is 28.3. The largest absolute Gasteiger partial charge is 0.0713 e. The van der Waals surface area contributed by atoms with E-state index in [1.807, 2.05) is 0 Å².